The molecule has 0 bridgehead atoms. The van der Waals surface area contributed by atoms with Gasteiger partial charge in [0.05, 0.1) is 11.8 Å². The maximum absolute atomic E-state index is 13.1. The van der Waals surface area contributed by atoms with Gasteiger partial charge < -0.3 is 15.0 Å². The topological polar surface area (TPSA) is 108 Å². The summed E-state index contributed by atoms with van der Waals surface area (Å²) in [6, 6.07) is 17.1. The van der Waals surface area contributed by atoms with Crippen LogP contribution in [-0.2, 0) is 0 Å². The molecule has 4 aromatic rings. The van der Waals surface area contributed by atoms with Crippen LogP contribution in [0.1, 0.15) is 41.6 Å². The third-order valence-corrected chi connectivity index (χ3v) is 8.20. The third kappa shape index (κ3) is 7.46. The summed E-state index contributed by atoms with van der Waals surface area (Å²) in [5.74, 6) is 0.859. The van der Waals surface area contributed by atoms with Gasteiger partial charge >= 0.3 is 12.4 Å². The second-order valence-electron chi connectivity index (χ2n) is 10.7. The molecule has 1 aromatic heterocycles. The van der Waals surface area contributed by atoms with Gasteiger partial charge in [-0.2, -0.15) is 10.3 Å². The molecule has 0 aliphatic carbocycles. The Morgan fingerprint density at radius 3 is 2.40 bits per heavy atom. The zero-order valence-corrected chi connectivity index (χ0v) is 25.8. The number of amides is 2. The number of nitrogens with one attached hydrogen (secondary N) is 1. The molecule has 1 saturated heterocycles. The van der Waals surface area contributed by atoms with Crippen LogP contribution in [0, 0.1) is 32.1 Å². The first-order valence-electron chi connectivity index (χ1n) is 14.1. The fraction of sp³-hybridized carbons (Fsp3) is 0.281. The van der Waals surface area contributed by atoms with Gasteiger partial charge in [0, 0.05) is 23.0 Å². The Bertz CT molecular complexity index is 1740. The van der Waals surface area contributed by atoms with Crippen molar-refractivity contribution in [3.63, 3.8) is 0 Å². The molecular weight excluding hydrogens is 603 g/mol. The Labute approximate surface area is 262 Å². The van der Waals surface area contributed by atoms with Crippen molar-refractivity contribution in [1.82, 2.24) is 20.1 Å². The molecule has 2 amide bonds. The number of thioether (sulfide) groups is 1. The Hall–Kier alpha value is -4.83. The molecule has 3 aromatic carbocycles. The number of hydrogen-bond acceptors (Lipinski definition) is 6. The minimum absolute atomic E-state index is 0.150. The van der Waals surface area contributed by atoms with Crippen LogP contribution < -0.4 is 15.0 Å². The lowest BCUT2D eigenvalue weighted by atomic mass is 10.0. The number of alkyl halides is 3. The average Bonchev–Trinajstić information content (AvgIpc) is 3.47. The van der Waals surface area contributed by atoms with E-state index in [1.807, 2.05) is 0 Å². The standard InChI is InChI=1S/C32H30F3N7O2S/c1-19-15-20(2)28(21(3)16-19)42-22(4)13-14-45-31(42)39-30(43)38-27(17-36)23-5-7-24(8-6-23)29-37-18-41(40-29)25-9-11-26(12-10-25)44-32(33,34)35/h5-12,15-16,18,22,27H,13-14H2,1-4H3,(H,38,43)/b39-31-. The number of aliphatic imine (C=N–C) groups is 1. The van der Waals surface area contributed by atoms with E-state index in [4.69, 9.17) is 0 Å². The summed E-state index contributed by atoms with van der Waals surface area (Å²) < 4.78 is 42.6. The van der Waals surface area contributed by atoms with E-state index in [9.17, 15) is 23.2 Å². The van der Waals surface area contributed by atoms with Gasteiger partial charge in [-0.05, 0) is 75.1 Å². The summed E-state index contributed by atoms with van der Waals surface area (Å²) in [5.41, 5.74) is 6.12. The number of ether oxygens (including phenoxy) is 1. The molecule has 45 heavy (non-hydrogen) atoms. The van der Waals surface area contributed by atoms with Crippen LogP contribution in [0.5, 0.6) is 5.75 Å². The number of anilines is 1. The average molecular weight is 634 g/mol. The molecule has 1 aliphatic heterocycles. The van der Waals surface area contributed by atoms with Crippen LogP contribution in [0.2, 0.25) is 0 Å². The molecule has 1 aliphatic rings. The molecule has 0 spiro atoms. The van der Waals surface area contributed by atoms with Crippen LogP contribution in [0.3, 0.4) is 0 Å². The van der Waals surface area contributed by atoms with Crippen LogP contribution in [-0.4, -0.2) is 44.1 Å². The number of aryl methyl sites for hydroxylation is 3. The molecule has 13 heteroatoms. The highest BCUT2D eigenvalue weighted by atomic mass is 32.2. The fourth-order valence-corrected chi connectivity index (χ4v) is 6.44. The predicted molar refractivity (Wildman–Crippen MR) is 167 cm³/mol. The van der Waals surface area contributed by atoms with Crippen LogP contribution >= 0.6 is 11.8 Å². The molecule has 2 heterocycles. The number of carbonyl (C=O) groups excluding carboxylic acids is 1. The number of hydrogen-bond donors (Lipinski definition) is 1. The van der Waals surface area contributed by atoms with Crippen molar-refractivity contribution >= 4 is 28.6 Å². The lowest BCUT2D eigenvalue weighted by molar-refractivity contribution is -0.274. The quantitative estimate of drug-likeness (QED) is 0.235. The van der Waals surface area contributed by atoms with Crippen LogP contribution in [0.4, 0.5) is 23.7 Å². The monoisotopic (exact) mass is 633 g/mol. The van der Waals surface area contributed by atoms with E-state index in [0.29, 0.717) is 27.8 Å². The minimum atomic E-state index is -4.77. The molecule has 1 fully saturated rings. The molecular formula is C32H30F3N7O2S. The van der Waals surface area contributed by atoms with Crippen molar-refractivity contribution in [2.24, 2.45) is 4.99 Å². The number of amidine groups is 1. The summed E-state index contributed by atoms with van der Waals surface area (Å²) >= 11 is 1.52. The van der Waals surface area contributed by atoms with Crippen LogP contribution in [0.25, 0.3) is 17.1 Å². The van der Waals surface area contributed by atoms with E-state index in [1.54, 1.807) is 24.3 Å². The van der Waals surface area contributed by atoms with E-state index in [0.717, 1.165) is 29.0 Å². The van der Waals surface area contributed by atoms with E-state index in [2.05, 4.69) is 75.9 Å². The highest BCUT2D eigenvalue weighted by molar-refractivity contribution is 8.14. The molecule has 9 nitrogen and oxygen atoms in total. The number of nitrogens with zero attached hydrogens (tertiary/aromatic N) is 6. The lowest BCUT2D eigenvalue weighted by Gasteiger charge is -2.37. The van der Waals surface area contributed by atoms with Gasteiger partial charge in [-0.1, -0.05) is 53.7 Å². The van der Waals surface area contributed by atoms with E-state index in [1.165, 1.54) is 52.6 Å². The molecule has 2 unspecified atom stereocenters. The first-order valence-corrected chi connectivity index (χ1v) is 15.1. The number of carbonyl (C=O) groups is 1. The second kappa shape index (κ2) is 13.0. The van der Waals surface area contributed by atoms with Crippen molar-refractivity contribution in [3.8, 4) is 28.9 Å². The second-order valence-corrected chi connectivity index (χ2v) is 11.7. The maximum Gasteiger partial charge on any atom is 0.573 e. The van der Waals surface area contributed by atoms with Crippen LogP contribution in [0.15, 0.2) is 72.0 Å². The molecule has 232 valence electrons. The summed E-state index contributed by atoms with van der Waals surface area (Å²) in [6.07, 6.45) is -2.39. The zero-order chi connectivity index (χ0) is 32.3. The minimum Gasteiger partial charge on any atom is -0.406 e. The van der Waals surface area contributed by atoms with Crippen molar-refractivity contribution in [1.29, 1.82) is 5.26 Å². The Balaban J connectivity index is 1.29. The largest absolute Gasteiger partial charge is 0.573 e. The summed E-state index contributed by atoms with van der Waals surface area (Å²) in [4.78, 5) is 23.9. The number of nitriles is 1. The number of halogens is 3. The fourth-order valence-electron chi connectivity index (χ4n) is 5.24. The zero-order valence-electron chi connectivity index (χ0n) is 25.0. The van der Waals surface area contributed by atoms with E-state index in [-0.39, 0.29) is 11.8 Å². The number of rotatable bonds is 6. The van der Waals surface area contributed by atoms with Crippen molar-refractivity contribution in [2.45, 2.75) is 52.6 Å². The smallest absolute Gasteiger partial charge is 0.406 e. The number of urea groups is 1. The SMILES string of the molecule is Cc1cc(C)c(N2/C(=N/C(=O)NC(C#N)c3ccc(-c4ncn(-c5ccc(OC(F)(F)F)cc5)n4)cc3)SCCC2C)c(C)c1. The van der Waals surface area contributed by atoms with Gasteiger partial charge in [0.25, 0.3) is 0 Å². The van der Waals surface area contributed by atoms with Gasteiger partial charge in [-0.15, -0.1) is 18.3 Å². The number of aromatic nitrogens is 3. The van der Waals surface area contributed by atoms with Crippen molar-refractivity contribution in [2.75, 3.05) is 10.7 Å². The lowest BCUT2D eigenvalue weighted by Crippen LogP contribution is -2.43. The predicted octanol–water partition coefficient (Wildman–Crippen LogP) is 7.42. The molecule has 5 rings (SSSR count). The Morgan fingerprint density at radius 2 is 1.78 bits per heavy atom. The number of benzene rings is 3. The van der Waals surface area contributed by atoms with Gasteiger partial charge in [0.2, 0.25) is 0 Å². The molecule has 0 saturated carbocycles. The van der Waals surface area contributed by atoms with Gasteiger partial charge in [-0.25, -0.2) is 14.5 Å². The summed E-state index contributed by atoms with van der Waals surface area (Å²) in [5, 5.41) is 17.6. The first-order chi connectivity index (χ1) is 21.4. The van der Waals surface area contributed by atoms with Gasteiger partial charge in [-0.3, -0.25) is 0 Å². The van der Waals surface area contributed by atoms with E-state index >= 15 is 0 Å². The highest BCUT2D eigenvalue weighted by Gasteiger charge is 2.31. The molecule has 2 atom stereocenters. The Morgan fingerprint density at radius 1 is 1.11 bits per heavy atom. The van der Waals surface area contributed by atoms with Gasteiger partial charge in [0.15, 0.2) is 11.0 Å². The normalized spacial score (nSPS) is 16.7. The van der Waals surface area contributed by atoms with Crippen molar-refractivity contribution < 1.29 is 22.7 Å². The Kier molecular flexibility index (Phi) is 9.15. The molecule has 1 N–H and O–H groups in total. The van der Waals surface area contributed by atoms with E-state index < -0.39 is 18.4 Å². The van der Waals surface area contributed by atoms with Crippen molar-refractivity contribution in [3.05, 3.63) is 89.2 Å². The summed E-state index contributed by atoms with van der Waals surface area (Å²) in [7, 11) is 0. The maximum atomic E-state index is 13.1. The highest BCUT2D eigenvalue weighted by Crippen LogP contribution is 2.35. The molecule has 0 radical (unpaired) electrons. The first kappa shape index (κ1) is 31.6. The van der Waals surface area contributed by atoms with Gasteiger partial charge in [0.1, 0.15) is 18.1 Å². The summed E-state index contributed by atoms with van der Waals surface area (Å²) in [6.45, 7) is 8.29. The third-order valence-electron chi connectivity index (χ3n) is 7.21.